The number of Topliss-reactive ketones (excluding diaryl/α,β-unsaturated/α-hetero) is 1. The van der Waals surface area contributed by atoms with Gasteiger partial charge in [-0.1, -0.05) is 66.0 Å². The molecule has 3 rings (SSSR count). The highest BCUT2D eigenvalue weighted by Crippen LogP contribution is 2.43. The third-order valence-corrected chi connectivity index (χ3v) is 5.84. The number of allylic oxidation sites excluding steroid dienone is 1. The molecule has 1 atom stereocenters. The van der Waals surface area contributed by atoms with Gasteiger partial charge in [-0.3, -0.25) is 14.8 Å². The van der Waals surface area contributed by atoms with E-state index in [1.165, 1.54) is 23.5 Å². The number of aromatic nitrogens is 3. The Balaban J connectivity index is 1.93. The van der Waals surface area contributed by atoms with Crippen LogP contribution in [0.1, 0.15) is 23.6 Å². The molecule has 1 aromatic carbocycles. The van der Waals surface area contributed by atoms with Gasteiger partial charge in [-0.25, -0.2) is 0 Å². The Kier molecular flexibility index (Phi) is 5.55. The van der Waals surface area contributed by atoms with E-state index in [4.69, 9.17) is 5.41 Å². The molecule has 0 aliphatic carbocycles. The minimum Gasteiger partial charge on any atom is -0.299 e. The zero-order chi connectivity index (χ0) is 17.8. The minimum absolute atomic E-state index is 0.0900. The normalized spacial score (nSPS) is 16.8. The number of nitrogens with one attached hydrogen (secondary N) is 1. The van der Waals surface area contributed by atoms with Crippen LogP contribution in [0, 0.1) is 5.41 Å². The molecule has 7 heteroatoms. The number of benzene rings is 1. The number of hydrogen-bond donors (Lipinski definition) is 1. The van der Waals surface area contributed by atoms with Gasteiger partial charge in [-0.05, 0) is 12.5 Å². The van der Waals surface area contributed by atoms with Crippen molar-refractivity contribution in [3.05, 3.63) is 60.5 Å². The molecular weight excluding hydrogens is 352 g/mol. The highest BCUT2D eigenvalue weighted by molar-refractivity contribution is 8.15. The van der Waals surface area contributed by atoms with Gasteiger partial charge in [0, 0.05) is 12.1 Å². The molecule has 0 saturated carbocycles. The summed E-state index contributed by atoms with van der Waals surface area (Å²) < 4.78 is 1.91. The standard InChI is InChI=1S/C18H18N4OS2/c1-3-9-22-17(20-21-18(22)24-11-12(2)23)14-10-15(25-16(14)19)13-7-5-4-6-8-13/h3-8,10,15,19H,1,9,11H2,2H3. The van der Waals surface area contributed by atoms with Crippen LogP contribution in [0.5, 0.6) is 0 Å². The summed E-state index contributed by atoms with van der Waals surface area (Å²) in [6, 6.07) is 10.1. The smallest absolute Gasteiger partial charge is 0.192 e. The van der Waals surface area contributed by atoms with Gasteiger partial charge in [0.2, 0.25) is 0 Å². The molecule has 0 amide bonds. The molecule has 128 valence electrons. The highest BCUT2D eigenvalue weighted by atomic mass is 32.2. The average molecular weight is 371 g/mol. The summed E-state index contributed by atoms with van der Waals surface area (Å²) in [6.07, 6.45) is 3.83. The van der Waals surface area contributed by atoms with Crippen molar-refractivity contribution in [2.75, 3.05) is 5.75 Å². The van der Waals surface area contributed by atoms with Crippen LogP contribution in [0.2, 0.25) is 0 Å². The second-order valence-electron chi connectivity index (χ2n) is 5.55. The molecular formula is C18H18N4OS2. The Bertz CT molecular complexity index is 842. The van der Waals surface area contributed by atoms with E-state index in [1.54, 1.807) is 13.0 Å². The lowest BCUT2D eigenvalue weighted by Crippen LogP contribution is -2.06. The monoisotopic (exact) mass is 370 g/mol. The first kappa shape index (κ1) is 17.7. The number of hydrogen-bond acceptors (Lipinski definition) is 6. The van der Waals surface area contributed by atoms with Crippen LogP contribution in [0.25, 0.3) is 5.57 Å². The van der Waals surface area contributed by atoms with Gasteiger partial charge in [-0.2, -0.15) is 0 Å². The van der Waals surface area contributed by atoms with Gasteiger partial charge >= 0.3 is 0 Å². The van der Waals surface area contributed by atoms with Gasteiger partial charge in [0.1, 0.15) is 5.78 Å². The number of carbonyl (C=O) groups excluding carboxylic acids is 1. The quantitative estimate of drug-likeness (QED) is 0.589. The van der Waals surface area contributed by atoms with Gasteiger partial charge in [0.15, 0.2) is 11.0 Å². The second-order valence-corrected chi connectivity index (χ2v) is 7.65. The Labute approximate surface area is 155 Å². The van der Waals surface area contributed by atoms with E-state index < -0.39 is 0 Å². The van der Waals surface area contributed by atoms with Crippen molar-refractivity contribution in [2.45, 2.75) is 23.9 Å². The molecule has 0 radical (unpaired) electrons. The predicted molar refractivity (Wildman–Crippen MR) is 104 cm³/mol. The van der Waals surface area contributed by atoms with Crippen molar-refractivity contribution in [1.29, 1.82) is 5.41 Å². The lowest BCUT2D eigenvalue weighted by Gasteiger charge is -2.07. The van der Waals surface area contributed by atoms with Crippen molar-refractivity contribution < 1.29 is 4.79 Å². The number of carbonyl (C=O) groups is 1. The maximum absolute atomic E-state index is 11.3. The minimum atomic E-state index is 0.0900. The number of rotatable bonds is 7. The van der Waals surface area contributed by atoms with Crippen molar-refractivity contribution in [3.63, 3.8) is 0 Å². The zero-order valence-corrected chi connectivity index (χ0v) is 15.4. The SMILES string of the molecule is C=CCn1c(SCC(C)=O)nnc1C1=CC(c2ccccc2)SC1=N. The van der Waals surface area contributed by atoms with Crippen molar-refractivity contribution in [1.82, 2.24) is 14.8 Å². The van der Waals surface area contributed by atoms with Crippen LogP contribution in [0.4, 0.5) is 0 Å². The lowest BCUT2D eigenvalue weighted by molar-refractivity contribution is -0.114. The van der Waals surface area contributed by atoms with E-state index in [2.05, 4.69) is 35.0 Å². The van der Waals surface area contributed by atoms with Crippen molar-refractivity contribution in [2.24, 2.45) is 0 Å². The molecule has 0 spiro atoms. The van der Waals surface area contributed by atoms with E-state index in [9.17, 15) is 4.79 Å². The summed E-state index contributed by atoms with van der Waals surface area (Å²) in [6.45, 7) is 5.88. The summed E-state index contributed by atoms with van der Waals surface area (Å²) in [4.78, 5) is 11.3. The molecule has 1 N–H and O–H groups in total. The third kappa shape index (κ3) is 3.93. The molecule has 1 aliphatic heterocycles. The Hall–Kier alpha value is -2.12. The maximum atomic E-state index is 11.3. The Morgan fingerprint density at radius 3 is 2.84 bits per heavy atom. The summed E-state index contributed by atoms with van der Waals surface area (Å²) in [5.41, 5.74) is 1.94. The van der Waals surface area contributed by atoms with Crippen LogP contribution in [-0.4, -0.2) is 31.3 Å². The molecule has 2 aromatic rings. The van der Waals surface area contributed by atoms with E-state index in [0.717, 1.165) is 11.1 Å². The summed E-state index contributed by atoms with van der Waals surface area (Å²) in [5, 5.41) is 18.1. The highest BCUT2D eigenvalue weighted by Gasteiger charge is 2.28. The van der Waals surface area contributed by atoms with Crippen molar-refractivity contribution in [3.8, 4) is 0 Å². The van der Waals surface area contributed by atoms with Gasteiger partial charge in [-0.15, -0.1) is 16.8 Å². The fraction of sp³-hybridized carbons (Fsp3) is 0.222. The molecule has 5 nitrogen and oxygen atoms in total. The third-order valence-electron chi connectivity index (χ3n) is 3.61. The first-order chi connectivity index (χ1) is 12.1. The molecule has 0 saturated heterocycles. The van der Waals surface area contributed by atoms with Crippen LogP contribution in [0.3, 0.4) is 0 Å². The number of thioether (sulfide) groups is 2. The molecule has 25 heavy (non-hydrogen) atoms. The molecule has 1 unspecified atom stereocenters. The maximum Gasteiger partial charge on any atom is 0.192 e. The van der Waals surface area contributed by atoms with E-state index in [-0.39, 0.29) is 11.0 Å². The molecule has 1 aliphatic rings. The largest absolute Gasteiger partial charge is 0.299 e. The zero-order valence-electron chi connectivity index (χ0n) is 13.8. The molecule has 1 aromatic heterocycles. The summed E-state index contributed by atoms with van der Waals surface area (Å²) >= 11 is 2.86. The number of ketones is 1. The first-order valence-electron chi connectivity index (χ1n) is 7.79. The van der Waals surface area contributed by atoms with Crippen molar-refractivity contribution >= 4 is 39.9 Å². The molecule has 0 bridgehead atoms. The van der Waals surface area contributed by atoms with Crippen LogP contribution in [0.15, 0.2) is 54.2 Å². The average Bonchev–Trinajstić information content (AvgIpc) is 3.17. The first-order valence-corrected chi connectivity index (χ1v) is 9.65. The van der Waals surface area contributed by atoms with Gasteiger partial charge in [0.25, 0.3) is 0 Å². The number of nitrogens with zero attached hydrogens (tertiary/aromatic N) is 3. The Morgan fingerprint density at radius 2 is 2.16 bits per heavy atom. The summed E-state index contributed by atoms with van der Waals surface area (Å²) in [7, 11) is 0. The fourth-order valence-electron chi connectivity index (χ4n) is 2.49. The predicted octanol–water partition coefficient (Wildman–Crippen LogP) is 3.99. The summed E-state index contributed by atoms with van der Waals surface area (Å²) in [5.74, 6) is 1.10. The van der Waals surface area contributed by atoms with Gasteiger partial charge in [0.05, 0.1) is 16.0 Å². The second kappa shape index (κ2) is 7.84. The van der Waals surface area contributed by atoms with Crippen LogP contribution < -0.4 is 0 Å². The van der Waals surface area contributed by atoms with Gasteiger partial charge < -0.3 is 0 Å². The lowest BCUT2D eigenvalue weighted by atomic mass is 10.1. The topological polar surface area (TPSA) is 71.6 Å². The fourth-order valence-corrected chi connectivity index (χ4v) is 4.27. The van der Waals surface area contributed by atoms with E-state index in [0.29, 0.717) is 28.3 Å². The van der Waals surface area contributed by atoms with E-state index >= 15 is 0 Å². The van der Waals surface area contributed by atoms with Crippen LogP contribution >= 0.6 is 23.5 Å². The molecule has 2 heterocycles. The molecule has 0 fully saturated rings. The van der Waals surface area contributed by atoms with Crippen LogP contribution in [-0.2, 0) is 11.3 Å². The van der Waals surface area contributed by atoms with E-state index in [1.807, 2.05) is 22.8 Å². The Morgan fingerprint density at radius 1 is 1.40 bits per heavy atom.